The van der Waals surface area contributed by atoms with Crippen molar-refractivity contribution in [2.75, 3.05) is 39.6 Å². The number of rotatable bonds is 22. The molecule has 4 aromatic rings. The average molecular weight is 600 g/mol. The fourth-order valence-electron chi connectivity index (χ4n) is 4.35. The SMILES string of the molecule is [O-]C(COC(COCc1ccccc1)COCc1ccccc1)COC(COCc1ccccc1)COCc1ccccc1. The van der Waals surface area contributed by atoms with Gasteiger partial charge in [-0.3, -0.25) is 0 Å². The van der Waals surface area contributed by atoms with Crippen molar-refractivity contribution in [1.82, 2.24) is 0 Å². The van der Waals surface area contributed by atoms with E-state index in [-0.39, 0.29) is 13.2 Å². The molecule has 0 saturated carbocycles. The second-order valence-electron chi connectivity index (χ2n) is 10.5. The molecule has 0 amide bonds. The number of hydrogen-bond donors (Lipinski definition) is 0. The molecule has 4 aromatic carbocycles. The number of ether oxygens (including phenoxy) is 6. The second-order valence-corrected chi connectivity index (χ2v) is 10.5. The molecule has 0 aliphatic rings. The van der Waals surface area contributed by atoms with Crippen molar-refractivity contribution in [2.45, 2.75) is 44.7 Å². The lowest BCUT2D eigenvalue weighted by Crippen LogP contribution is -2.41. The maximum atomic E-state index is 12.9. The predicted octanol–water partition coefficient (Wildman–Crippen LogP) is 5.35. The minimum Gasteiger partial charge on any atom is -0.849 e. The summed E-state index contributed by atoms with van der Waals surface area (Å²) in [4.78, 5) is 0. The zero-order valence-corrected chi connectivity index (χ0v) is 25.2. The minimum atomic E-state index is -1.09. The molecule has 4 rings (SSSR count). The van der Waals surface area contributed by atoms with Crippen LogP contribution in [0.1, 0.15) is 22.3 Å². The van der Waals surface area contributed by atoms with Crippen molar-refractivity contribution in [3.63, 3.8) is 0 Å². The highest BCUT2D eigenvalue weighted by atomic mass is 16.6. The van der Waals surface area contributed by atoms with Crippen molar-refractivity contribution >= 4 is 0 Å². The molecule has 0 aliphatic carbocycles. The molecule has 0 radical (unpaired) electrons. The van der Waals surface area contributed by atoms with Crippen molar-refractivity contribution in [2.24, 2.45) is 0 Å². The van der Waals surface area contributed by atoms with Gasteiger partial charge in [0.05, 0.1) is 52.9 Å². The van der Waals surface area contributed by atoms with E-state index in [1.807, 2.05) is 121 Å². The Hall–Kier alpha value is -3.40. The van der Waals surface area contributed by atoms with E-state index in [0.717, 1.165) is 22.3 Å². The fourth-order valence-corrected chi connectivity index (χ4v) is 4.35. The average Bonchev–Trinajstić information content (AvgIpc) is 3.07. The molecule has 0 saturated heterocycles. The Morgan fingerprint density at radius 3 is 0.864 bits per heavy atom. The van der Waals surface area contributed by atoms with Gasteiger partial charge in [-0.2, -0.15) is 0 Å². The van der Waals surface area contributed by atoms with Crippen molar-refractivity contribution in [1.29, 1.82) is 0 Å². The molecule has 7 heteroatoms. The van der Waals surface area contributed by atoms with E-state index in [9.17, 15) is 5.11 Å². The first-order valence-corrected chi connectivity index (χ1v) is 15.1. The molecule has 0 unspecified atom stereocenters. The normalized spacial score (nSPS) is 11.5. The third kappa shape index (κ3) is 13.9. The van der Waals surface area contributed by atoms with Gasteiger partial charge >= 0.3 is 0 Å². The Labute approximate surface area is 261 Å². The Bertz CT molecular complexity index is 1050. The molecule has 0 bridgehead atoms. The van der Waals surface area contributed by atoms with Gasteiger partial charge in [-0.1, -0.05) is 127 Å². The molecule has 7 nitrogen and oxygen atoms in total. The fraction of sp³-hybridized carbons (Fsp3) is 0.351. The van der Waals surface area contributed by atoms with Crippen molar-refractivity contribution < 1.29 is 33.5 Å². The summed E-state index contributed by atoms with van der Waals surface area (Å²) in [6, 6.07) is 39.8. The van der Waals surface area contributed by atoms with Crippen LogP contribution in [0.3, 0.4) is 0 Å². The summed E-state index contributed by atoms with van der Waals surface area (Å²) in [7, 11) is 0. The quantitative estimate of drug-likeness (QED) is 0.121. The van der Waals surface area contributed by atoms with Gasteiger partial charge in [-0.25, -0.2) is 0 Å². The summed E-state index contributed by atoms with van der Waals surface area (Å²) < 4.78 is 35.6. The van der Waals surface area contributed by atoms with Gasteiger partial charge in [0.1, 0.15) is 12.2 Å². The maximum Gasteiger partial charge on any atom is 0.104 e. The standard InChI is InChI=1S/C37H43O7/c38-35(25-43-36(27-39-21-31-13-5-1-6-14-31)28-40-22-32-15-7-2-8-16-32)26-44-37(29-41-23-33-17-9-3-10-18-33)30-42-24-34-19-11-4-12-20-34/h1-20,35-37H,21-30H2/q-1. The van der Waals surface area contributed by atoms with Gasteiger partial charge in [0.15, 0.2) is 0 Å². The molecular weight excluding hydrogens is 556 g/mol. The van der Waals surface area contributed by atoms with Crippen LogP contribution in [0.15, 0.2) is 121 Å². The minimum absolute atomic E-state index is 0.0312. The van der Waals surface area contributed by atoms with Gasteiger partial charge in [0.25, 0.3) is 0 Å². The zero-order chi connectivity index (χ0) is 30.5. The van der Waals surface area contributed by atoms with E-state index in [1.54, 1.807) is 0 Å². The molecular formula is C37H43O7-. The molecule has 234 valence electrons. The van der Waals surface area contributed by atoms with Gasteiger partial charge in [-0.15, -0.1) is 0 Å². The topological polar surface area (TPSA) is 78.4 Å². The Kier molecular flexibility index (Phi) is 15.6. The Morgan fingerprint density at radius 2 is 0.614 bits per heavy atom. The van der Waals surface area contributed by atoms with Gasteiger partial charge in [-0.05, 0) is 22.3 Å². The second kappa shape index (κ2) is 20.5. The monoisotopic (exact) mass is 599 g/mol. The summed E-state index contributed by atoms with van der Waals surface area (Å²) in [5.74, 6) is 0. The van der Waals surface area contributed by atoms with Crippen LogP contribution in [0, 0.1) is 0 Å². The van der Waals surface area contributed by atoms with Crippen LogP contribution >= 0.6 is 0 Å². The van der Waals surface area contributed by atoms with Crippen LogP contribution in [0.25, 0.3) is 0 Å². The molecule has 0 N–H and O–H groups in total. The lowest BCUT2D eigenvalue weighted by atomic mass is 10.2. The lowest BCUT2D eigenvalue weighted by Gasteiger charge is -2.28. The van der Waals surface area contributed by atoms with Crippen LogP contribution in [0.5, 0.6) is 0 Å². The highest BCUT2D eigenvalue weighted by Crippen LogP contribution is 2.08. The smallest absolute Gasteiger partial charge is 0.104 e. The van der Waals surface area contributed by atoms with Gasteiger partial charge in [0, 0.05) is 13.2 Å². The molecule has 0 heterocycles. The molecule has 0 aliphatic heterocycles. The number of hydrogen-bond acceptors (Lipinski definition) is 7. The summed E-state index contributed by atoms with van der Waals surface area (Å²) in [6.45, 7) is 2.98. The Balaban J connectivity index is 1.22. The summed E-state index contributed by atoms with van der Waals surface area (Å²) >= 11 is 0. The highest BCUT2D eigenvalue weighted by molar-refractivity contribution is 5.15. The van der Waals surface area contributed by atoms with Crippen LogP contribution in [-0.4, -0.2) is 58.0 Å². The van der Waals surface area contributed by atoms with E-state index in [0.29, 0.717) is 52.9 Å². The number of benzene rings is 4. The first kappa shape index (κ1) is 33.5. The molecule has 44 heavy (non-hydrogen) atoms. The van der Waals surface area contributed by atoms with Crippen LogP contribution in [-0.2, 0) is 54.8 Å². The largest absolute Gasteiger partial charge is 0.849 e. The summed E-state index contributed by atoms with van der Waals surface area (Å²) in [5.41, 5.74) is 4.28. The maximum absolute atomic E-state index is 12.9. The summed E-state index contributed by atoms with van der Waals surface area (Å²) in [5, 5.41) is 12.9. The molecule has 0 spiro atoms. The van der Waals surface area contributed by atoms with E-state index in [4.69, 9.17) is 28.4 Å². The van der Waals surface area contributed by atoms with E-state index in [1.165, 1.54) is 0 Å². The summed E-state index contributed by atoms with van der Waals surface area (Å²) in [6.07, 6.45) is -1.87. The van der Waals surface area contributed by atoms with E-state index >= 15 is 0 Å². The van der Waals surface area contributed by atoms with Gasteiger partial charge in [0.2, 0.25) is 0 Å². The van der Waals surface area contributed by atoms with Crippen molar-refractivity contribution in [3.05, 3.63) is 144 Å². The first-order valence-electron chi connectivity index (χ1n) is 15.1. The zero-order valence-electron chi connectivity index (χ0n) is 25.2. The third-order valence-corrected chi connectivity index (χ3v) is 6.70. The van der Waals surface area contributed by atoms with E-state index < -0.39 is 18.3 Å². The van der Waals surface area contributed by atoms with Crippen molar-refractivity contribution in [3.8, 4) is 0 Å². The molecule has 0 fully saturated rings. The van der Waals surface area contributed by atoms with E-state index in [2.05, 4.69) is 0 Å². The first-order chi connectivity index (χ1) is 21.7. The highest BCUT2D eigenvalue weighted by Gasteiger charge is 2.14. The Morgan fingerprint density at radius 1 is 0.364 bits per heavy atom. The molecule has 0 atom stereocenters. The third-order valence-electron chi connectivity index (χ3n) is 6.70. The predicted molar refractivity (Wildman–Crippen MR) is 168 cm³/mol. The van der Waals surface area contributed by atoms with Crippen LogP contribution < -0.4 is 5.11 Å². The van der Waals surface area contributed by atoms with Gasteiger partial charge < -0.3 is 33.5 Å². The lowest BCUT2D eigenvalue weighted by molar-refractivity contribution is -0.437. The van der Waals surface area contributed by atoms with Crippen LogP contribution in [0.2, 0.25) is 0 Å². The molecule has 0 aromatic heterocycles. The van der Waals surface area contributed by atoms with Crippen LogP contribution in [0.4, 0.5) is 0 Å².